The molecule has 0 fully saturated rings. The van der Waals surface area contributed by atoms with Crippen LogP contribution in [0.1, 0.15) is 48.2 Å². The van der Waals surface area contributed by atoms with Crippen molar-refractivity contribution in [2.45, 2.75) is 40.3 Å². The molecule has 24 heavy (non-hydrogen) atoms. The van der Waals surface area contributed by atoms with Crippen molar-refractivity contribution < 1.29 is 9.53 Å². The second-order valence-electron chi connectivity index (χ2n) is 6.45. The molecule has 0 atom stereocenters. The zero-order chi connectivity index (χ0) is 17.1. The first-order valence-corrected chi connectivity index (χ1v) is 8.43. The summed E-state index contributed by atoms with van der Waals surface area (Å²) < 4.78 is 5.58. The average Bonchev–Trinajstić information content (AvgIpc) is 2.98. The van der Waals surface area contributed by atoms with E-state index in [1.807, 2.05) is 37.4 Å². The first-order chi connectivity index (χ1) is 11.6. The van der Waals surface area contributed by atoms with Gasteiger partial charge in [-0.05, 0) is 25.0 Å². The molecule has 0 unspecified atom stereocenters. The van der Waals surface area contributed by atoms with Crippen LogP contribution in [0, 0.1) is 5.92 Å². The molecule has 0 bridgehead atoms. The highest BCUT2D eigenvalue weighted by molar-refractivity contribution is 5.97. The Morgan fingerprint density at radius 3 is 2.83 bits per heavy atom. The summed E-state index contributed by atoms with van der Waals surface area (Å²) in [5.74, 6) is 1.98. The van der Waals surface area contributed by atoms with Gasteiger partial charge in [0.05, 0.1) is 24.4 Å². The summed E-state index contributed by atoms with van der Waals surface area (Å²) in [6.45, 7) is 7.83. The number of hydrogen-bond acceptors (Lipinski definition) is 4. The molecule has 1 aliphatic heterocycles. The van der Waals surface area contributed by atoms with E-state index in [0.29, 0.717) is 36.9 Å². The molecule has 2 aromatic rings. The van der Waals surface area contributed by atoms with Crippen molar-refractivity contribution in [3.63, 3.8) is 0 Å². The molecule has 1 amide bonds. The number of hydrogen-bond donors (Lipinski definition) is 0. The molecule has 1 aromatic heterocycles. The monoisotopic (exact) mass is 325 g/mol. The maximum absolute atomic E-state index is 12.9. The molecule has 0 spiro atoms. The number of amides is 1. The van der Waals surface area contributed by atoms with Crippen molar-refractivity contribution in [2.75, 3.05) is 6.61 Å². The van der Waals surface area contributed by atoms with Crippen molar-refractivity contribution in [3.8, 4) is 5.75 Å². The standard InChI is InChI=1S/C19H23N3O2/c1-4-24-17-8-6-5-7-15(17)19(23)22-11-14-10-20-18(9-13(2)3)21-16(14)12-22/h5-8,10,13H,4,9,11-12H2,1-3H3. The summed E-state index contributed by atoms with van der Waals surface area (Å²) in [6, 6.07) is 7.39. The van der Waals surface area contributed by atoms with Crippen molar-refractivity contribution in [1.82, 2.24) is 14.9 Å². The van der Waals surface area contributed by atoms with Crippen LogP contribution < -0.4 is 4.74 Å². The maximum Gasteiger partial charge on any atom is 0.258 e. The van der Waals surface area contributed by atoms with Gasteiger partial charge in [-0.2, -0.15) is 0 Å². The second-order valence-corrected chi connectivity index (χ2v) is 6.45. The summed E-state index contributed by atoms with van der Waals surface area (Å²) in [6.07, 6.45) is 2.72. The van der Waals surface area contributed by atoms with E-state index in [-0.39, 0.29) is 5.91 Å². The van der Waals surface area contributed by atoms with Crippen LogP contribution in [0.2, 0.25) is 0 Å². The normalized spacial score (nSPS) is 13.2. The van der Waals surface area contributed by atoms with Crippen molar-refractivity contribution >= 4 is 5.91 Å². The van der Waals surface area contributed by atoms with E-state index < -0.39 is 0 Å². The SMILES string of the molecule is CCOc1ccccc1C(=O)N1Cc2cnc(CC(C)C)nc2C1. The Kier molecular flexibility index (Phi) is 4.79. The van der Waals surface area contributed by atoms with Gasteiger partial charge < -0.3 is 9.64 Å². The zero-order valence-electron chi connectivity index (χ0n) is 14.5. The van der Waals surface area contributed by atoms with Crippen LogP contribution in [-0.2, 0) is 19.5 Å². The summed E-state index contributed by atoms with van der Waals surface area (Å²) in [5.41, 5.74) is 2.59. The molecule has 0 radical (unpaired) electrons. The van der Waals surface area contributed by atoms with Gasteiger partial charge in [0, 0.05) is 24.7 Å². The quantitative estimate of drug-likeness (QED) is 0.847. The molecule has 0 N–H and O–H groups in total. The summed E-state index contributed by atoms with van der Waals surface area (Å²) in [4.78, 5) is 23.7. The number of aromatic nitrogens is 2. The van der Waals surface area contributed by atoms with Gasteiger partial charge in [0.1, 0.15) is 11.6 Å². The number of carbonyl (C=O) groups is 1. The number of fused-ring (bicyclic) bond motifs is 1. The Morgan fingerprint density at radius 2 is 2.08 bits per heavy atom. The van der Waals surface area contributed by atoms with Gasteiger partial charge in [-0.15, -0.1) is 0 Å². The predicted octanol–water partition coefficient (Wildman–Crippen LogP) is 3.23. The minimum atomic E-state index is -0.0255. The number of carbonyl (C=O) groups excluding carboxylic acids is 1. The van der Waals surface area contributed by atoms with Gasteiger partial charge in [0.15, 0.2) is 0 Å². The van der Waals surface area contributed by atoms with Gasteiger partial charge in [-0.25, -0.2) is 9.97 Å². The fraction of sp³-hybridized carbons (Fsp3) is 0.421. The third-order valence-corrected chi connectivity index (χ3v) is 4.00. The fourth-order valence-corrected chi connectivity index (χ4v) is 2.90. The molecule has 2 heterocycles. The van der Waals surface area contributed by atoms with Crippen LogP contribution >= 0.6 is 0 Å². The third-order valence-electron chi connectivity index (χ3n) is 4.00. The number of ether oxygens (including phenoxy) is 1. The van der Waals surface area contributed by atoms with Crippen molar-refractivity contribution in [3.05, 3.63) is 53.1 Å². The van der Waals surface area contributed by atoms with E-state index in [9.17, 15) is 4.79 Å². The van der Waals surface area contributed by atoms with Crippen molar-refractivity contribution in [2.24, 2.45) is 5.92 Å². The van der Waals surface area contributed by atoms with E-state index in [1.54, 1.807) is 4.90 Å². The van der Waals surface area contributed by atoms with E-state index in [1.165, 1.54) is 0 Å². The smallest absolute Gasteiger partial charge is 0.258 e. The highest BCUT2D eigenvalue weighted by Crippen LogP contribution is 2.26. The Labute approximate surface area is 142 Å². The zero-order valence-corrected chi connectivity index (χ0v) is 14.5. The first kappa shape index (κ1) is 16.4. The van der Waals surface area contributed by atoms with Gasteiger partial charge in [0.25, 0.3) is 5.91 Å². The van der Waals surface area contributed by atoms with E-state index in [0.717, 1.165) is 23.5 Å². The topological polar surface area (TPSA) is 55.3 Å². The van der Waals surface area contributed by atoms with Gasteiger partial charge in [-0.1, -0.05) is 26.0 Å². The van der Waals surface area contributed by atoms with Crippen LogP contribution in [0.4, 0.5) is 0 Å². The van der Waals surface area contributed by atoms with E-state index in [2.05, 4.69) is 23.8 Å². The van der Waals surface area contributed by atoms with E-state index in [4.69, 9.17) is 4.74 Å². The predicted molar refractivity (Wildman–Crippen MR) is 91.8 cm³/mol. The lowest BCUT2D eigenvalue weighted by molar-refractivity contribution is 0.0746. The van der Waals surface area contributed by atoms with Gasteiger partial charge in [-0.3, -0.25) is 4.79 Å². The lowest BCUT2D eigenvalue weighted by Gasteiger charge is -2.17. The number of rotatable bonds is 5. The minimum absolute atomic E-state index is 0.0255. The van der Waals surface area contributed by atoms with Gasteiger partial charge >= 0.3 is 0 Å². The summed E-state index contributed by atoms with van der Waals surface area (Å²) >= 11 is 0. The fourth-order valence-electron chi connectivity index (χ4n) is 2.90. The Hall–Kier alpha value is -2.43. The molecule has 5 nitrogen and oxygen atoms in total. The summed E-state index contributed by atoms with van der Waals surface area (Å²) in [5, 5.41) is 0. The number of nitrogens with zero attached hydrogens (tertiary/aromatic N) is 3. The van der Waals surface area contributed by atoms with E-state index >= 15 is 0 Å². The maximum atomic E-state index is 12.9. The molecule has 1 aromatic carbocycles. The molecular weight excluding hydrogens is 302 g/mol. The number of para-hydroxylation sites is 1. The van der Waals surface area contributed by atoms with Crippen LogP contribution in [0.25, 0.3) is 0 Å². The van der Waals surface area contributed by atoms with Gasteiger partial charge in [0.2, 0.25) is 0 Å². The molecule has 5 heteroatoms. The molecule has 0 aliphatic carbocycles. The third kappa shape index (κ3) is 3.40. The summed E-state index contributed by atoms with van der Waals surface area (Å²) in [7, 11) is 0. The highest BCUT2D eigenvalue weighted by Gasteiger charge is 2.27. The molecule has 0 saturated heterocycles. The average molecular weight is 325 g/mol. The molecule has 3 rings (SSSR count). The second kappa shape index (κ2) is 6.99. The minimum Gasteiger partial charge on any atom is -0.493 e. The molecule has 126 valence electrons. The Morgan fingerprint density at radius 1 is 1.29 bits per heavy atom. The molecule has 0 saturated carbocycles. The highest BCUT2D eigenvalue weighted by atomic mass is 16.5. The molecule has 1 aliphatic rings. The number of benzene rings is 1. The molecular formula is C19H23N3O2. The lowest BCUT2D eigenvalue weighted by Crippen LogP contribution is -2.26. The Balaban J connectivity index is 1.79. The van der Waals surface area contributed by atoms with Crippen LogP contribution in [0.15, 0.2) is 30.5 Å². The van der Waals surface area contributed by atoms with Crippen molar-refractivity contribution in [1.29, 1.82) is 0 Å². The van der Waals surface area contributed by atoms with Crippen LogP contribution in [0.5, 0.6) is 5.75 Å². The largest absolute Gasteiger partial charge is 0.493 e. The Bertz CT molecular complexity index is 743. The lowest BCUT2D eigenvalue weighted by atomic mass is 10.1. The van der Waals surface area contributed by atoms with Crippen LogP contribution in [0.3, 0.4) is 0 Å². The first-order valence-electron chi connectivity index (χ1n) is 8.43. The van der Waals surface area contributed by atoms with Crippen LogP contribution in [-0.4, -0.2) is 27.4 Å².